The summed E-state index contributed by atoms with van der Waals surface area (Å²) in [5.74, 6) is 2.91. The molecule has 1 N–H and O–H groups in total. The Morgan fingerprint density at radius 3 is 2.24 bits per heavy atom. The van der Waals surface area contributed by atoms with Gasteiger partial charge in [-0.1, -0.05) is 32.0 Å². The van der Waals surface area contributed by atoms with Crippen molar-refractivity contribution in [3.63, 3.8) is 0 Å². The smallest absolute Gasteiger partial charge is 0.238 e. The number of carbonyl (C=O) groups excluding carboxylic acids is 1. The lowest BCUT2D eigenvalue weighted by Crippen LogP contribution is -2.42. The molecule has 4 nitrogen and oxygen atoms in total. The molecule has 1 amide bonds. The van der Waals surface area contributed by atoms with E-state index in [1.54, 1.807) is 0 Å². The zero-order valence-electron chi connectivity index (χ0n) is 14.9. The first-order valence-corrected chi connectivity index (χ1v) is 8.93. The van der Waals surface area contributed by atoms with Crippen LogP contribution in [0, 0.1) is 11.8 Å². The number of likely N-dealkylation sites (tertiary alicyclic amines) is 1. The molecule has 0 aliphatic carbocycles. The largest absolute Gasteiger partial charge is 0.457 e. The van der Waals surface area contributed by atoms with E-state index in [1.807, 2.05) is 54.6 Å². The number of anilines is 1. The lowest BCUT2D eigenvalue weighted by atomic mass is 9.92. The minimum Gasteiger partial charge on any atom is -0.457 e. The van der Waals surface area contributed by atoms with Crippen LogP contribution in [0.3, 0.4) is 0 Å². The van der Waals surface area contributed by atoms with Crippen molar-refractivity contribution in [3.8, 4) is 11.5 Å². The number of nitrogens with one attached hydrogen (secondary N) is 1. The van der Waals surface area contributed by atoms with E-state index >= 15 is 0 Å². The van der Waals surface area contributed by atoms with Crippen LogP contribution in [0.1, 0.15) is 20.3 Å². The highest BCUT2D eigenvalue weighted by Crippen LogP contribution is 2.23. The second-order valence-corrected chi connectivity index (χ2v) is 7.13. The Hall–Kier alpha value is -2.33. The molecule has 0 bridgehead atoms. The molecule has 3 rings (SSSR count). The predicted octanol–water partition coefficient (Wildman–Crippen LogP) is 4.40. The molecule has 2 atom stereocenters. The third-order valence-corrected chi connectivity index (χ3v) is 4.43. The molecule has 0 radical (unpaired) electrons. The minimum atomic E-state index is 0.0398. The van der Waals surface area contributed by atoms with Gasteiger partial charge in [-0.05, 0) is 54.7 Å². The van der Waals surface area contributed by atoms with Crippen LogP contribution in [0.4, 0.5) is 5.69 Å². The Balaban J connectivity index is 1.51. The van der Waals surface area contributed by atoms with E-state index in [-0.39, 0.29) is 5.91 Å². The van der Waals surface area contributed by atoms with Crippen molar-refractivity contribution in [3.05, 3.63) is 54.6 Å². The summed E-state index contributed by atoms with van der Waals surface area (Å²) in [4.78, 5) is 14.5. The maximum atomic E-state index is 12.3. The number of para-hydroxylation sites is 1. The Morgan fingerprint density at radius 1 is 1.00 bits per heavy atom. The number of nitrogens with zero attached hydrogens (tertiary/aromatic N) is 1. The molecule has 1 fully saturated rings. The van der Waals surface area contributed by atoms with Crippen LogP contribution < -0.4 is 10.1 Å². The van der Waals surface area contributed by atoms with Crippen molar-refractivity contribution in [2.75, 3.05) is 25.0 Å². The number of hydrogen-bond donors (Lipinski definition) is 1. The van der Waals surface area contributed by atoms with Gasteiger partial charge in [0, 0.05) is 18.8 Å². The summed E-state index contributed by atoms with van der Waals surface area (Å²) in [5, 5.41) is 2.97. The van der Waals surface area contributed by atoms with Crippen LogP contribution in [-0.4, -0.2) is 30.4 Å². The second-order valence-electron chi connectivity index (χ2n) is 7.13. The van der Waals surface area contributed by atoms with Gasteiger partial charge in [-0.3, -0.25) is 9.69 Å². The van der Waals surface area contributed by atoms with Gasteiger partial charge in [-0.2, -0.15) is 0 Å². The average molecular weight is 338 g/mol. The normalized spacial score (nSPS) is 20.9. The first-order valence-electron chi connectivity index (χ1n) is 8.93. The van der Waals surface area contributed by atoms with E-state index in [4.69, 9.17) is 4.74 Å². The Morgan fingerprint density at radius 2 is 1.60 bits per heavy atom. The van der Waals surface area contributed by atoms with E-state index in [1.165, 1.54) is 6.42 Å². The quantitative estimate of drug-likeness (QED) is 0.879. The molecule has 0 unspecified atom stereocenters. The fraction of sp³-hybridized carbons (Fsp3) is 0.381. The summed E-state index contributed by atoms with van der Waals surface area (Å²) in [6.45, 7) is 6.97. The van der Waals surface area contributed by atoms with Crippen molar-refractivity contribution >= 4 is 11.6 Å². The zero-order chi connectivity index (χ0) is 17.6. The van der Waals surface area contributed by atoms with Gasteiger partial charge in [0.15, 0.2) is 0 Å². The van der Waals surface area contributed by atoms with Gasteiger partial charge in [0.2, 0.25) is 5.91 Å². The van der Waals surface area contributed by atoms with Crippen LogP contribution in [0.25, 0.3) is 0 Å². The number of piperidine rings is 1. The molecule has 2 aromatic carbocycles. The fourth-order valence-corrected chi connectivity index (χ4v) is 3.56. The first-order chi connectivity index (χ1) is 12.1. The third-order valence-electron chi connectivity index (χ3n) is 4.43. The topological polar surface area (TPSA) is 41.6 Å². The van der Waals surface area contributed by atoms with E-state index < -0.39 is 0 Å². The van der Waals surface area contributed by atoms with Crippen LogP contribution in [0.5, 0.6) is 11.5 Å². The molecule has 25 heavy (non-hydrogen) atoms. The second kappa shape index (κ2) is 8.17. The van der Waals surface area contributed by atoms with Crippen LogP contribution in [0.2, 0.25) is 0 Å². The van der Waals surface area contributed by atoms with Crippen molar-refractivity contribution in [2.45, 2.75) is 20.3 Å². The maximum absolute atomic E-state index is 12.3. The van der Waals surface area contributed by atoms with Crippen LogP contribution in [-0.2, 0) is 4.79 Å². The van der Waals surface area contributed by atoms with Gasteiger partial charge >= 0.3 is 0 Å². The minimum absolute atomic E-state index is 0.0398. The van der Waals surface area contributed by atoms with Crippen molar-refractivity contribution < 1.29 is 9.53 Å². The average Bonchev–Trinajstić information content (AvgIpc) is 2.56. The standard InChI is InChI=1S/C21H26N2O2/c1-16-12-17(2)14-23(13-16)15-21(24)22-18-8-10-20(11-9-18)25-19-6-4-3-5-7-19/h3-11,16-17H,12-15H2,1-2H3,(H,22,24)/t16-,17-/m0/s1. The van der Waals surface area contributed by atoms with Gasteiger partial charge in [-0.15, -0.1) is 0 Å². The molecule has 0 spiro atoms. The molecule has 2 aromatic rings. The first kappa shape index (κ1) is 17.5. The van der Waals surface area contributed by atoms with Gasteiger partial charge in [0.25, 0.3) is 0 Å². The predicted molar refractivity (Wildman–Crippen MR) is 101 cm³/mol. The molecule has 1 heterocycles. The van der Waals surface area contributed by atoms with E-state index in [2.05, 4.69) is 24.1 Å². The number of rotatable bonds is 5. The van der Waals surface area contributed by atoms with Gasteiger partial charge in [0.05, 0.1) is 6.54 Å². The number of amides is 1. The summed E-state index contributed by atoms with van der Waals surface area (Å²) >= 11 is 0. The molecule has 1 aliphatic rings. The Labute approximate surface area is 149 Å². The van der Waals surface area contributed by atoms with Crippen molar-refractivity contribution in [2.24, 2.45) is 11.8 Å². The number of benzene rings is 2. The van der Waals surface area contributed by atoms with Crippen molar-refractivity contribution in [1.82, 2.24) is 4.90 Å². The highest BCUT2D eigenvalue weighted by atomic mass is 16.5. The highest BCUT2D eigenvalue weighted by Gasteiger charge is 2.23. The Bertz CT molecular complexity index is 675. The number of carbonyl (C=O) groups is 1. The van der Waals surface area contributed by atoms with Crippen LogP contribution in [0.15, 0.2) is 54.6 Å². The van der Waals surface area contributed by atoms with Crippen molar-refractivity contribution in [1.29, 1.82) is 0 Å². The summed E-state index contributed by atoms with van der Waals surface area (Å²) in [7, 11) is 0. The molecular formula is C21H26N2O2. The number of hydrogen-bond acceptors (Lipinski definition) is 3. The van der Waals surface area contributed by atoms with Gasteiger partial charge < -0.3 is 10.1 Å². The molecule has 1 aliphatic heterocycles. The zero-order valence-corrected chi connectivity index (χ0v) is 14.9. The molecular weight excluding hydrogens is 312 g/mol. The maximum Gasteiger partial charge on any atom is 0.238 e. The van der Waals surface area contributed by atoms with Gasteiger partial charge in [-0.25, -0.2) is 0 Å². The van der Waals surface area contributed by atoms with Gasteiger partial charge in [0.1, 0.15) is 11.5 Å². The Kier molecular flexibility index (Phi) is 5.71. The van der Waals surface area contributed by atoms with E-state index in [0.717, 1.165) is 30.3 Å². The molecule has 132 valence electrons. The molecule has 4 heteroatoms. The van der Waals surface area contributed by atoms with E-state index in [0.29, 0.717) is 18.4 Å². The lowest BCUT2D eigenvalue weighted by Gasteiger charge is -2.34. The van der Waals surface area contributed by atoms with Crippen LogP contribution >= 0.6 is 0 Å². The highest BCUT2D eigenvalue weighted by molar-refractivity contribution is 5.92. The monoisotopic (exact) mass is 338 g/mol. The fourth-order valence-electron chi connectivity index (χ4n) is 3.56. The SMILES string of the molecule is C[C@H]1C[C@H](C)CN(CC(=O)Nc2ccc(Oc3ccccc3)cc2)C1. The summed E-state index contributed by atoms with van der Waals surface area (Å²) in [6.07, 6.45) is 1.25. The molecule has 0 aromatic heterocycles. The molecule has 0 saturated carbocycles. The van der Waals surface area contributed by atoms with E-state index in [9.17, 15) is 4.79 Å². The summed E-state index contributed by atoms with van der Waals surface area (Å²) in [6, 6.07) is 17.1. The summed E-state index contributed by atoms with van der Waals surface area (Å²) in [5.41, 5.74) is 0.795. The number of ether oxygens (including phenoxy) is 1. The third kappa shape index (κ3) is 5.33. The lowest BCUT2D eigenvalue weighted by molar-refractivity contribution is -0.117. The molecule has 1 saturated heterocycles. The summed E-state index contributed by atoms with van der Waals surface area (Å²) < 4.78 is 5.76.